The van der Waals surface area contributed by atoms with Gasteiger partial charge in [-0.15, -0.1) is 0 Å². The SMILES string of the molecule is CC(=C[C@H](C(C)C)N(C)C(=O)[C@@H](NC(=O)[C@H]1CCCCN1C(C)C)C(C)C)C(=O)N(CCc1ccccc1)Cc1ccccc1. The van der Waals surface area contributed by atoms with Gasteiger partial charge in [-0.05, 0) is 69.5 Å². The first-order valence-electron chi connectivity index (χ1n) is 16.8. The summed E-state index contributed by atoms with van der Waals surface area (Å²) in [7, 11) is 1.79. The van der Waals surface area contributed by atoms with Crippen molar-refractivity contribution in [2.45, 2.75) is 105 Å². The van der Waals surface area contributed by atoms with E-state index in [1.165, 1.54) is 5.56 Å². The predicted octanol–water partition coefficient (Wildman–Crippen LogP) is 6.09. The molecule has 3 atom stereocenters. The third kappa shape index (κ3) is 10.3. The van der Waals surface area contributed by atoms with Crippen LogP contribution in [0.15, 0.2) is 72.3 Å². The molecule has 0 spiro atoms. The molecule has 1 heterocycles. The topological polar surface area (TPSA) is 73.0 Å². The van der Waals surface area contributed by atoms with Crippen molar-refractivity contribution in [2.75, 3.05) is 20.1 Å². The molecule has 1 aliphatic heterocycles. The summed E-state index contributed by atoms with van der Waals surface area (Å²) in [6.45, 7) is 16.2. The molecule has 3 amide bonds. The maximum atomic E-state index is 14.0. The largest absolute Gasteiger partial charge is 0.343 e. The maximum absolute atomic E-state index is 14.0. The fourth-order valence-corrected chi connectivity index (χ4v) is 6.28. The Labute approximate surface area is 272 Å². The number of rotatable bonds is 14. The van der Waals surface area contributed by atoms with E-state index in [2.05, 4.69) is 50.0 Å². The monoisotopic (exact) mass is 616 g/mol. The van der Waals surface area contributed by atoms with Gasteiger partial charge in [0.25, 0.3) is 0 Å². The molecule has 1 fully saturated rings. The van der Waals surface area contributed by atoms with Crippen LogP contribution in [0.1, 0.15) is 78.9 Å². The predicted molar refractivity (Wildman–Crippen MR) is 183 cm³/mol. The van der Waals surface area contributed by atoms with Crippen molar-refractivity contribution >= 4 is 17.7 Å². The van der Waals surface area contributed by atoms with Crippen LogP contribution < -0.4 is 5.32 Å². The van der Waals surface area contributed by atoms with Crippen LogP contribution in [0.25, 0.3) is 0 Å². The molecule has 0 unspecified atom stereocenters. The van der Waals surface area contributed by atoms with Crippen LogP contribution in [0.5, 0.6) is 0 Å². The number of carbonyl (C=O) groups excluding carboxylic acids is 3. The van der Waals surface area contributed by atoms with Gasteiger partial charge in [-0.2, -0.15) is 0 Å². The van der Waals surface area contributed by atoms with Crippen molar-refractivity contribution in [2.24, 2.45) is 11.8 Å². The number of nitrogens with one attached hydrogen (secondary N) is 1. The summed E-state index contributed by atoms with van der Waals surface area (Å²) >= 11 is 0. The highest BCUT2D eigenvalue weighted by Crippen LogP contribution is 2.22. The fourth-order valence-electron chi connectivity index (χ4n) is 6.28. The van der Waals surface area contributed by atoms with Gasteiger partial charge in [-0.3, -0.25) is 19.3 Å². The minimum absolute atomic E-state index is 0.0407. The third-order valence-electron chi connectivity index (χ3n) is 8.99. The van der Waals surface area contributed by atoms with Crippen LogP contribution in [0.2, 0.25) is 0 Å². The van der Waals surface area contributed by atoms with Gasteiger partial charge in [0.1, 0.15) is 6.04 Å². The third-order valence-corrected chi connectivity index (χ3v) is 8.99. The minimum Gasteiger partial charge on any atom is -0.343 e. The number of carbonyl (C=O) groups is 3. The van der Waals surface area contributed by atoms with E-state index in [-0.39, 0.29) is 47.7 Å². The van der Waals surface area contributed by atoms with E-state index in [4.69, 9.17) is 0 Å². The van der Waals surface area contributed by atoms with Gasteiger partial charge >= 0.3 is 0 Å². The Hall–Kier alpha value is -3.45. The number of likely N-dealkylation sites (tertiary alicyclic amines) is 1. The van der Waals surface area contributed by atoms with E-state index in [9.17, 15) is 14.4 Å². The Morgan fingerprint density at radius 1 is 0.889 bits per heavy atom. The molecule has 45 heavy (non-hydrogen) atoms. The van der Waals surface area contributed by atoms with E-state index < -0.39 is 6.04 Å². The normalized spacial score (nSPS) is 17.3. The first-order valence-corrected chi connectivity index (χ1v) is 16.8. The molecule has 0 saturated carbocycles. The van der Waals surface area contributed by atoms with Gasteiger partial charge in [0, 0.05) is 31.8 Å². The molecule has 7 heteroatoms. The van der Waals surface area contributed by atoms with Crippen molar-refractivity contribution in [1.29, 1.82) is 0 Å². The number of benzene rings is 2. The molecule has 0 aromatic heterocycles. The number of hydrogen-bond donors (Lipinski definition) is 1. The molecule has 3 rings (SSSR count). The Balaban J connectivity index is 1.80. The van der Waals surface area contributed by atoms with E-state index >= 15 is 0 Å². The Kier molecular flexibility index (Phi) is 13.8. The fraction of sp³-hybridized carbons (Fsp3) is 0.553. The zero-order chi connectivity index (χ0) is 33.1. The number of piperidine rings is 1. The van der Waals surface area contributed by atoms with Crippen molar-refractivity contribution in [3.8, 4) is 0 Å². The minimum atomic E-state index is -0.649. The van der Waals surface area contributed by atoms with Crippen LogP contribution in [0.4, 0.5) is 0 Å². The number of nitrogens with zero attached hydrogens (tertiary/aromatic N) is 3. The molecule has 0 radical (unpaired) electrons. The summed E-state index contributed by atoms with van der Waals surface area (Å²) in [6, 6.07) is 19.3. The molecule has 1 saturated heterocycles. The second-order valence-corrected chi connectivity index (χ2v) is 13.6. The van der Waals surface area contributed by atoms with Gasteiger partial charge in [-0.25, -0.2) is 0 Å². The van der Waals surface area contributed by atoms with Crippen LogP contribution in [-0.2, 0) is 27.3 Å². The molecule has 246 valence electrons. The van der Waals surface area contributed by atoms with Gasteiger partial charge in [0.15, 0.2) is 0 Å². The molecule has 1 aliphatic rings. The average Bonchev–Trinajstić information content (AvgIpc) is 3.03. The standard InChI is InChI=1S/C38H56N4O3/c1-27(2)34(40(8)38(45)35(28(3)4)39-36(43)33-21-15-16-23-42(33)29(5)6)25-30(7)37(44)41(26-32-19-13-10-14-20-32)24-22-31-17-11-9-12-18-31/h9-14,17-20,25,27-29,33-35H,15-16,21-24,26H2,1-8H3,(H,39,43)/t33-,34-,35+/m1/s1. The number of amides is 3. The Morgan fingerprint density at radius 2 is 1.49 bits per heavy atom. The van der Waals surface area contributed by atoms with E-state index in [0.717, 1.165) is 37.8 Å². The van der Waals surface area contributed by atoms with Gasteiger partial charge in [-0.1, -0.05) is 101 Å². The highest BCUT2D eigenvalue weighted by atomic mass is 16.2. The molecule has 0 aliphatic carbocycles. The van der Waals surface area contributed by atoms with Gasteiger partial charge in [0.05, 0.1) is 12.1 Å². The van der Waals surface area contributed by atoms with Crippen molar-refractivity contribution < 1.29 is 14.4 Å². The van der Waals surface area contributed by atoms with Crippen molar-refractivity contribution in [3.63, 3.8) is 0 Å². The van der Waals surface area contributed by atoms with Crippen LogP contribution >= 0.6 is 0 Å². The summed E-state index contributed by atoms with van der Waals surface area (Å²) in [5.41, 5.74) is 2.86. The molecular formula is C38H56N4O3. The molecule has 7 nitrogen and oxygen atoms in total. The lowest BCUT2D eigenvalue weighted by molar-refractivity contribution is -0.140. The highest BCUT2D eigenvalue weighted by Gasteiger charge is 2.36. The highest BCUT2D eigenvalue weighted by molar-refractivity contribution is 5.93. The second kappa shape index (κ2) is 17.3. The first kappa shape index (κ1) is 36.0. The zero-order valence-electron chi connectivity index (χ0n) is 28.8. The lowest BCUT2D eigenvalue weighted by Gasteiger charge is -2.39. The molecule has 2 aromatic rings. The molecule has 2 aromatic carbocycles. The summed E-state index contributed by atoms with van der Waals surface area (Å²) in [5, 5.41) is 3.13. The Morgan fingerprint density at radius 3 is 2.04 bits per heavy atom. The van der Waals surface area contributed by atoms with E-state index in [1.807, 2.05) is 80.3 Å². The van der Waals surface area contributed by atoms with Crippen LogP contribution in [0.3, 0.4) is 0 Å². The molecular weight excluding hydrogens is 560 g/mol. The maximum Gasteiger partial charge on any atom is 0.249 e. The summed E-state index contributed by atoms with van der Waals surface area (Å²) in [6.07, 6.45) is 5.60. The first-order chi connectivity index (χ1) is 21.4. The summed E-state index contributed by atoms with van der Waals surface area (Å²) in [4.78, 5) is 47.4. The number of hydrogen-bond acceptors (Lipinski definition) is 4. The van der Waals surface area contributed by atoms with Crippen molar-refractivity contribution in [1.82, 2.24) is 20.0 Å². The summed E-state index contributed by atoms with van der Waals surface area (Å²) < 4.78 is 0. The second-order valence-electron chi connectivity index (χ2n) is 13.6. The smallest absolute Gasteiger partial charge is 0.249 e. The van der Waals surface area contributed by atoms with Gasteiger partial charge in [0.2, 0.25) is 17.7 Å². The molecule has 0 bridgehead atoms. The van der Waals surface area contributed by atoms with Crippen LogP contribution in [0, 0.1) is 11.8 Å². The van der Waals surface area contributed by atoms with Gasteiger partial charge < -0.3 is 15.1 Å². The lowest BCUT2D eigenvalue weighted by Crippen LogP contribution is -2.58. The molecule has 1 N–H and O–H groups in total. The zero-order valence-corrected chi connectivity index (χ0v) is 28.8. The van der Waals surface area contributed by atoms with Crippen LogP contribution in [-0.4, -0.2) is 76.7 Å². The lowest BCUT2D eigenvalue weighted by atomic mass is 9.95. The van der Waals surface area contributed by atoms with Crippen molar-refractivity contribution in [3.05, 3.63) is 83.4 Å². The van der Waals surface area contributed by atoms with E-state index in [0.29, 0.717) is 18.7 Å². The number of likely N-dealkylation sites (N-methyl/N-ethyl adjacent to an activating group) is 1. The quantitative estimate of drug-likeness (QED) is 0.261. The average molecular weight is 617 g/mol. The Bertz CT molecular complexity index is 1260. The van der Waals surface area contributed by atoms with E-state index in [1.54, 1.807) is 11.9 Å². The summed E-state index contributed by atoms with van der Waals surface area (Å²) in [5.74, 6) is -0.265.